The van der Waals surface area contributed by atoms with Crippen LogP contribution in [0.2, 0.25) is 0 Å². The third kappa shape index (κ3) is 5.80. The SMILES string of the molecule is CC(C)CC(=O)N1CCC(NC(=O)C(N)c2ccccc2)CC1.Cl. The number of amides is 2. The Kier molecular flexibility index (Phi) is 8.22. The zero-order valence-corrected chi connectivity index (χ0v) is 15.2. The lowest BCUT2D eigenvalue weighted by Gasteiger charge is -2.33. The monoisotopic (exact) mass is 353 g/mol. The molecule has 1 aromatic rings. The second-order valence-corrected chi connectivity index (χ2v) is 6.65. The van der Waals surface area contributed by atoms with E-state index < -0.39 is 6.04 Å². The van der Waals surface area contributed by atoms with Gasteiger partial charge in [0.15, 0.2) is 0 Å². The lowest BCUT2D eigenvalue weighted by atomic mass is 10.0. The molecule has 5 nitrogen and oxygen atoms in total. The van der Waals surface area contributed by atoms with Crippen molar-refractivity contribution in [2.24, 2.45) is 11.7 Å². The number of nitrogens with one attached hydrogen (secondary N) is 1. The molecular formula is C18H28ClN3O2. The van der Waals surface area contributed by atoms with E-state index in [4.69, 9.17) is 5.73 Å². The summed E-state index contributed by atoms with van der Waals surface area (Å²) in [4.78, 5) is 26.2. The van der Waals surface area contributed by atoms with Crippen molar-refractivity contribution in [3.8, 4) is 0 Å². The molecule has 3 N–H and O–H groups in total. The predicted molar refractivity (Wildman–Crippen MR) is 97.8 cm³/mol. The Morgan fingerprint density at radius 1 is 1.21 bits per heavy atom. The maximum absolute atomic E-state index is 12.3. The molecule has 0 saturated carbocycles. The van der Waals surface area contributed by atoms with Gasteiger partial charge in [-0.25, -0.2) is 0 Å². The first-order valence-corrected chi connectivity index (χ1v) is 8.36. The van der Waals surface area contributed by atoms with Crippen LogP contribution in [0.3, 0.4) is 0 Å². The molecule has 1 saturated heterocycles. The minimum Gasteiger partial charge on any atom is -0.352 e. The average Bonchev–Trinajstić information content (AvgIpc) is 2.55. The number of benzene rings is 1. The topological polar surface area (TPSA) is 75.4 Å². The molecule has 1 aliphatic heterocycles. The van der Waals surface area contributed by atoms with Crippen molar-refractivity contribution < 1.29 is 9.59 Å². The number of carbonyl (C=O) groups is 2. The number of rotatable bonds is 5. The van der Waals surface area contributed by atoms with E-state index in [2.05, 4.69) is 19.2 Å². The summed E-state index contributed by atoms with van der Waals surface area (Å²) in [6, 6.07) is 8.83. The van der Waals surface area contributed by atoms with Crippen molar-refractivity contribution in [2.75, 3.05) is 13.1 Å². The van der Waals surface area contributed by atoms with E-state index >= 15 is 0 Å². The van der Waals surface area contributed by atoms with Gasteiger partial charge in [-0.3, -0.25) is 9.59 Å². The van der Waals surface area contributed by atoms with Crippen LogP contribution in [0.1, 0.15) is 44.7 Å². The first-order chi connectivity index (χ1) is 11.0. The highest BCUT2D eigenvalue weighted by Crippen LogP contribution is 2.15. The highest BCUT2D eigenvalue weighted by atomic mass is 35.5. The molecule has 24 heavy (non-hydrogen) atoms. The number of carbonyl (C=O) groups excluding carboxylic acids is 2. The molecule has 0 radical (unpaired) electrons. The van der Waals surface area contributed by atoms with Crippen LogP contribution >= 0.6 is 12.4 Å². The highest BCUT2D eigenvalue weighted by Gasteiger charge is 2.25. The Balaban J connectivity index is 0.00000288. The first-order valence-electron chi connectivity index (χ1n) is 8.36. The number of nitrogens with two attached hydrogens (primary N) is 1. The minimum absolute atomic E-state index is 0. The van der Waals surface area contributed by atoms with E-state index in [0.717, 1.165) is 18.4 Å². The number of hydrogen-bond donors (Lipinski definition) is 2. The fraction of sp³-hybridized carbons (Fsp3) is 0.556. The van der Waals surface area contributed by atoms with Gasteiger partial charge in [0.2, 0.25) is 11.8 Å². The van der Waals surface area contributed by atoms with E-state index in [-0.39, 0.29) is 30.3 Å². The van der Waals surface area contributed by atoms with Gasteiger partial charge < -0.3 is 16.0 Å². The third-order valence-corrected chi connectivity index (χ3v) is 4.22. The van der Waals surface area contributed by atoms with Gasteiger partial charge in [0, 0.05) is 25.6 Å². The van der Waals surface area contributed by atoms with Crippen molar-refractivity contribution in [2.45, 2.75) is 45.2 Å². The molecule has 1 aliphatic rings. The zero-order valence-electron chi connectivity index (χ0n) is 14.4. The summed E-state index contributed by atoms with van der Waals surface area (Å²) in [7, 11) is 0. The largest absolute Gasteiger partial charge is 0.352 e. The predicted octanol–water partition coefficient (Wildman–Crippen LogP) is 2.26. The molecule has 0 aliphatic carbocycles. The van der Waals surface area contributed by atoms with Crippen LogP contribution in [0.15, 0.2) is 30.3 Å². The van der Waals surface area contributed by atoms with Crippen molar-refractivity contribution >= 4 is 24.2 Å². The number of hydrogen-bond acceptors (Lipinski definition) is 3. The molecule has 134 valence electrons. The van der Waals surface area contributed by atoms with Gasteiger partial charge in [-0.05, 0) is 24.3 Å². The Morgan fingerprint density at radius 2 is 1.79 bits per heavy atom. The van der Waals surface area contributed by atoms with Gasteiger partial charge in [0.1, 0.15) is 6.04 Å². The molecule has 2 amide bonds. The molecule has 1 fully saturated rings. The van der Waals surface area contributed by atoms with Crippen molar-refractivity contribution in [1.82, 2.24) is 10.2 Å². The standard InChI is InChI=1S/C18H27N3O2.ClH/c1-13(2)12-16(22)21-10-8-15(9-11-21)20-18(23)17(19)14-6-4-3-5-7-14;/h3-7,13,15,17H,8-12,19H2,1-2H3,(H,20,23);1H. The summed E-state index contributed by atoms with van der Waals surface area (Å²) >= 11 is 0. The summed E-state index contributed by atoms with van der Waals surface area (Å²) in [5.41, 5.74) is 6.82. The van der Waals surface area contributed by atoms with Crippen LogP contribution in [0.4, 0.5) is 0 Å². The van der Waals surface area contributed by atoms with Crippen LogP contribution in [-0.2, 0) is 9.59 Å². The first kappa shape index (κ1) is 20.5. The second kappa shape index (κ2) is 9.64. The summed E-state index contributed by atoms with van der Waals surface area (Å²) in [5.74, 6) is 0.442. The number of nitrogens with zero attached hydrogens (tertiary/aromatic N) is 1. The lowest BCUT2D eigenvalue weighted by molar-refractivity contribution is -0.133. The van der Waals surface area contributed by atoms with Crippen molar-refractivity contribution in [3.05, 3.63) is 35.9 Å². The number of likely N-dealkylation sites (tertiary alicyclic amines) is 1. The van der Waals surface area contributed by atoms with Gasteiger partial charge in [-0.1, -0.05) is 44.2 Å². The summed E-state index contributed by atoms with van der Waals surface area (Å²) in [6.45, 7) is 5.51. The summed E-state index contributed by atoms with van der Waals surface area (Å²) < 4.78 is 0. The van der Waals surface area contributed by atoms with Gasteiger partial charge in [0.05, 0.1) is 0 Å². The molecule has 1 atom stereocenters. The molecule has 0 spiro atoms. The Hall–Kier alpha value is -1.59. The molecule has 2 rings (SSSR count). The molecule has 1 unspecified atom stereocenters. The molecule has 1 aromatic carbocycles. The molecular weight excluding hydrogens is 326 g/mol. The Bertz CT molecular complexity index is 528. The minimum atomic E-state index is -0.642. The quantitative estimate of drug-likeness (QED) is 0.852. The molecule has 0 bridgehead atoms. The maximum Gasteiger partial charge on any atom is 0.241 e. The Morgan fingerprint density at radius 3 is 2.33 bits per heavy atom. The fourth-order valence-electron chi connectivity index (χ4n) is 2.85. The number of halogens is 1. The maximum atomic E-state index is 12.3. The Labute approximate surface area is 150 Å². The van der Waals surface area contributed by atoms with Crippen LogP contribution in [-0.4, -0.2) is 35.8 Å². The summed E-state index contributed by atoms with van der Waals surface area (Å²) in [5, 5.41) is 3.02. The van der Waals surface area contributed by atoms with Gasteiger partial charge in [-0.15, -0.1) is 12.4 Å². The third-order valence-electron chi connectivity index (χ3n) is 4.22. The zero-order chi connectivity index (χ0) is 16.8. The van der Waals surface area contributed by atoms with Gasteiger partial charge in [0.25, 0.3) is 0 Å². The van der Waals surface area contributed by atoms with Crippen LogP contribution in [0, 0.1) is 5.92 Å². The lowest BCUT2D eigenvalue weighted by Crippen LogP contribution is -2.48. The van der Waals surface area contributed by atoms with E-state index in [1.54, 1.807) is 0 Å². The van der Waals surface area contributed by atoms with Gasteiger partial charge >= 0.3 is 0 Å². The molecule has 6 heteroatoms. The average molecular weight is 354 g/mol. The highest BCUT2D eigenvalue weighted by molar-refractivity contribution is 5.85. The van der Waals surface area contributed by atoms with E-state index in [0.29, 0.717) is 25.4 Å². The van der Waals surface area contributed by atoms with Crippen molar-refractivity contribution in [1.29, 1.82) is 0 Å². The second-order valence-electron chi connectivity index (χ2n) is 6.65. The molecule has 1 heterocycles. The number of piperidine rings is 1. The fourth-order valence-corrected chi connectivity index (χ4v) is 2.85. The summed E-state index contributed by atoms with van der Waals surface area (Å²) in [6.07, 6.45) is 2.17. The van der Waals surface area contributed by atoms with Crippen LogP contribution in [0.25, 0.3) is 0 Å². The van der Waals surface area contributed by atoms with Crippen LogP contribution in [0.5, 0.6) is 0 Å². The van der Waals surface area contributed by atoms with E-state index in [1.165, 1.54) is 0 Å². The van der Waals surface area contributed by atoms with Gasteiger partial charge in [-0.2, -0.15) is 0 Å². The normalized spacial score (nSPS) is 16.4. The van der Waals surface area contributed by atoms with Crippen molar-refractivity contribution in [3.63, 3.8) is 0 Å². The smallest absolute Gasteiger partial charge is 0.241 e. The molecule has 0 aromatic heterocycles. The van der Waals surface area contributed by atoms with E-state index in [9.17, 15) is 9.59 Å². The van der Waals surface area contributed by atoms with Crippen LogP contribution < -0.4 is 11.1 Å². The van der Waals surface area contributed by atoms with E-state index in [1.807, 2.05) is 35.2 Å².